The van der Waals surface area contributed by atoms with E-state index in [0.29, 0.717) is 11.3 Å². The van der Waals surface area contributed by atoms with E-state index in [9.17, 15) is 5.26 Å². The molecule has 0 aliphatic carbocycles. The minimum atomic E-state index is 0.426. The number of nitriles is 1. The molecule has 0 fully saturated rings. The topological polar surface area (TPSA) is 42.9 Å². The molecule has 0 saturated carbocycles. The zero-order valence-corrected chi connectivity index (χ0v) is 28.3. The summed E-state index contributed by atoms with van der Waals surface area (Å²) in [4.78, 5) is 4.01. The lowest BCUT2D eigenvalue weighted by atomic mass is 10.0. The summed E-state index contributed by atoms with van der Waals surface area (Å²) in [5.74, 6) is 0. The van der Waals surface area contributed by atoms with Gasteiger partial charge in [-0.1, -0.05) is 103 Å². The van der Waals surface area contributed by atoms with Crippen LogP contribution >= 0.6 is 0 Å². The Morgan fingerprint density at radius 3 is 1.60 bits per heavy atom. The Kier molecular flexibility index (Phi) is 6.02. The van der Waals surface area contributed by atoms with E-state index in [1.54, 1.807) is 6.07 Å². The minimum absolute atomic E-state index is 0.426. The lowest BCUT2D eigenvalue weighted by Crippen LogP contribution is -2.02. The molecule has 0 spiro atoms. The average molecular weight is 674 g/mol. The molecule has 0 unspecified atom stereocenters. The molecule has 0 aliphatic rings. The molecule has 53 heavy (non-hydrogen) atoms. The Labute approximate surface area is 303 Å². The van der Waals surface area contributed by atoms with Gasteiger partial charge in [-0.2, -0.15) is 5.26 Å². The first kappa shape index (κ1) is 29.2. The number of hydrogen-bond donors (Lipinski definition) is 0. The fourth-order valence-corrected chi connectivity index (χ4v) is 8.67. The number of para-hydroxylation sites is 4. The summed E-state index contributed by atoms with van der Waals surface area (Å²) in [6.45, 7) is 8.31. The van der Waals surface area contributed by atoms with Gasteiger partial charge in [0.2, 0.25) is 5.69 Å². The van der Waals surface area contributed by atoms with Crippen LogP contribution in [0.4, 0.5) is 5.69 Å². The van der Waals surface area contributed by atoms with E-state index in [0.717, 1.165) is 71.7 Å². The second kappa shape index (κ2) is 10.9. The van der Waals surface area contributed by atoms with Gasteiger partial charge < -0.3 is 13.7 Å². The molecule has 5 nitrogen and oxygen atoms in total. The van der Waals surface area contributed by atoms with Gasteiger partial charge in [0, 0.05) is 38.0 Å². The van der Waals surface area contributed by atoms with Gasteiger partial charge in [-0.15, -0.1) is 0 Å². The second-order valence-electron chi connectivity index (χ2n) is 13.5. The normalized spacial score (nSPS) is 11.7. The Bertz CT molecular complexity index is 3380. The number of nitrogens with zero attached hydrogens (tertiary/aromatic N) is 5. The SMILES string of the molecule is [C-]#[N+]c1cc(C#N)c(-n2c3ccccc3c3cc(-n4c5ccccc5c5ccccc54)ccc32)cc1-n1c2ccccc2c2c3ccccc3ccc21. The fourth-order valence-electron chi connectivity index (χ4n) is 8.67. The average Bonchev–Trinajstić information content (AvgIpc) is 3.86. The molecule has 0 radical (unpaired) electrons. The van der Waals surface area contributed by atoms with Crippen LogP contribution in [0.5, 0.6) is 0 Å². The van der Waals surface area contributed by atoms with Crippen molar-refractivity contribution in [1.29, 1.82) is 5.26 Å². The lowest BCUT2D eigenvalue weighted by Gasteiger charge is -2.16. The Balaban J connectivity index is 1.21. The van der Waals surface area contributed by atoms with E-state index in [-0.39, 0.29) is 0 Å². The summed E-state index contributed by atoms with van der Waals surface area (Å²) < 4.78 is 6.73. The molecule has 3 heterocycles. The van der Waals surface area contributed by atoms with Gasteiger partial charge in [-0.3, -0.25) is 0 Å². The minimum Gasteiger partial charge on any atom is -0.319 e. The standard InChI is InChI=1S/C48H27N5/c1-50-39-26-31(29-49)46(28-47(39)53-43-21-11-7-17-37(43)48-33-13-3-2-12-30(33)22-24-45(48)53)52-42-20-10-6-16-36(42)38-27-32(23-25-44(38)52)51-40-18-8-4-14-34(40)35-15-5-9-19-41(35)51/h2-28H. The van der Waals surface area contributed by atoms with Gasteiger partial charge in [0.15, 0.2) is 0 Å². The van der Waals surface area contributed by atoms with Gasteiger partial charge in [0.25, 0.3) is 0 Å². The zero-order chi connectivity index (χ0) is 35.2. The van der Waals surface area contributed by atoms with Gasteiger partial charge in [-0.05, 0) is 71.4 Å². The first-order valence-corrected chi connectivity index (χ1v) is 17.6. The highest BCUT2D eigenvalue weighted by atomic mass is 15.0. The monoisotopic (exact) mass is 673 g/mol. The molecule has 3 aromatic heterocycles. The first-order chi connectivity index (χ1) is 26.2. The maximum atomic E-state index is 10.7. The van der Waals surface area contributed by atoms with E-state index < -0.39 is 0 Å². The van der Waals surface area contributed by atoms with Crippen LogP contribution in [0.2, 0.25) is 0 Å². The molecule has 0 N–H and O–H groups in total. The highest BCUT2D eigenvalue weighted by molar-refractivity contribution is 6.21. The van der Waals surface area contributed by atoms with E-state index in [1.807, 2.05) is 18.2 Å². The maximum Gasteiger partial charge on any atom is 0.212 e. The molecule has 244 valence electrons. The van der Waals surface area contributed by atoms with Gasteiger partial charge >= 0.3 is 0 Å². The predicted molar refractivity (Wildman–Crippen MR) is 218 cm³/mol. The highest BCUT2D eigenvalue weighted by Gasteiger charge is 2.22. The molecule has 0 bridgehead atoms. The van der Waals surface area contributed by atoms with Crippen LogP contribution in [-0.4, -0.2) is 13.7 Å². The van der Waals surface area contributed by atoms with Gasteiger partial charge in [0.1, 0.15) is 0 Å². The Morgan fingerprint density at radius 2 is 0.943 bits per heavy atom. The molecule has 0 atom stereocenters. The third kappa shape index (κ3) is 3.99. The van der Waals surface area contributed by atoms with Crippen molar-refractivity contribution in [1.82, 2.24) is 13.7 Å². The number of aromatic nitrogens is 3. The molecule has 8 aromatic carbocycles. The van der Waals surface area contributed by atoms with Crippen LogP contribution in [0.25, 0.3) is 98.1 Å². The zero-order valence-electron chi connectivity index (χ0n) is 28.3. The smallest absolute Gasteiger partial charge is 0.212 e. The molecular weight excluding hydrogens is 647 g/mol. The lowest BCUT2D eigenvalue weighted by molar-refractivity contribution is 1.13. The van der Waals surface area contributed by atoms with Crippen molar-refractivity contribution in [2.45, 2.75) is 0 Å². The second-order valence-corrected chi connectivity index (χ2v) is 13.5. The third-order valence-corrected chi connectivity index (χ3v) is 10.9. The molecule has 5 heteroatoms. The summed E-state index contributed by atoms with van der Waals surface area (Å²) in [7, 11) is 0. The van der Waals surface area contributed by atoms with Gasteiger partial charge in [-0.25, -0.2) is 4.85 Å². The summed E-state index contributed by atoms with van der Waals surface area (Å²) >= 11 is 0. The van der Waals surface area contributed by atoms with E-state index in [2.05, 4.69) is 164 Å². The Hall–Kier alpha value is -7.60. The number of rotatable bonds is 3. The molecule has 0 aliphatic heterocycles. The summed E-state index contributed by atoms with van der Waals surface area (Å²) in [6.07, 6.45) is 0. The van der Waals surface area contributed by atoms with Crippen LogP contribution in [-0.2, 0) is 0 Å². The third-order valence-electron chi connectivity index (χ3n) is 10.9. The fraction of sp³-hybridized carbons (Fsp3) is 0. The van der Waals surface area contributed by atoms with Crippen molar-refractivity contribution in [3.8, 4) is 23.1 Å². The van der Waals surface area contributed by atoms with Crippen LogP contribution < -0.4 is 0 Å². The molecular formula is C48H27N5. The summed E-state index contributed by atoms with van der Waals surface area (Å²) in [6, 6.07) is 59.5. The number of fused-ring (bicyclic) bond motifs is 11. The van der Waals surface area contributed by atoms with E-state index in [4.69, 9.17) is 6.57 Å². The molecule has 0 saturated heterocycles. The van der Waals surface area contributed by atoms with Crippen molar-refractivity contribution in [2.75, 3.05) is 0 Å². The van der Waals surface area contributed by atoms with Crippen molar-refractivity contribution >= 4 is 81.9 Å². The molecule has 11 aromatic rings. The van der Waals surface area contributed by atoms with E-state index in [1.165, 1.54) is 21.5 Å². The largest absolute Gasteiger partial charge is 0.319 e. The van der Waals surface area contributed by atoms with Crippen LogP contribution in [0.15, 0.2) is 164 Å². The van der Waals surface area contributed by atoms with Crippen molar-refractivity contribution in [3.63, 3.8) is 0 Å². The maximum absolute atomic E-state index is 10.7. The summed E-state index contributed by atoms with van der Waals surface area (Å²) in [5.41, 5.74) is 9.73. The predicted octanol–water partition coefficient (Wildman–Crippen LogP) is 12.6. The number of benzene rings is 8. The Morgan fingerprint density at radius 1 is 0.434 bits per heavy atom. The van der Waals surface area contributed by atoms with E-state index >= 15 is 0 Å². The number of hydrogen-bond acceptors (Lipinski definition) is 1. The first-order valence-electron chi connectivity index (χ1n) is 17.6. The molecule has 11 rings (SSSR count). The van der Waals surface area contributed by atoms with Crippen molar-refractivity contribution in [3.05, 3.63) is 181 Å². The quantitative estimate of drug-likeness (QED) is 0.172. The van der Waals surface area contributed by atoms with Crippen LogP contribution in [0.1, 0.15) is 5.56 Å². The van der Waals surface area contributed by atoms with Gasteiger partial charge in [0.05, 0.1) is 62.7 Å². The molecule has 0 amide bonds. The van der Waals surface area contributed by atoms with Crippen LogP contribution in [0, 0.1) is 17.9 Å². The van der Waals surface area contributed by atoms with Crippen molar-refractivity contribution < 1.29 is 0 Å². The summed E-state index contributed by atoms with van der Waals surface area (Å²) in [5, 5.41) is 19.9. The van der Waals surface area contributed by atoms with Crippen LogP contribution in [0.3, 0.4) is 0 Å². The highest BCUT2D eigenvalue weighted by Crippen LogP contribution is 2.42. The van der Waals surface area contributed by atoms with Crippen molar-refractivity contribution in [2.24, 2.45) is 0 Å².